The monoisotopic (exact) mass is 303 g/mol. The van der Waals surface area contributed by atoms with E-state index >= 15 is 0 Å². The second-order valence-corrected chi connectivity index (χ2v) is 5.31. The van der Waals surface area contributed by atoms with Crippen molar-refractivity contribution in [2.75, 3.05) is 7.11 Å². The van der Waals surface area contributed by atoms with Gasteiger partial charge in [-0.1, -0.05) is 26.0 Å². The molecule has 118 valence electrons. The van der Waals surface area contributed by atoms with Crippen molar-refractivity contribution in [1.29, 1.82) is 0 Å². The predicted octanol–water partition coefficient (Wildman–Crippen LogP) is 2.45. The van der Waals surface area contributed by atoms with E-state index in [1.165, 1.54) is 0 Å². The van der Waals surface area contributed by atoms with Crippen LogP contribution in [0.15, 0.2) is 28.7 Å². The number of amides is 1. The number of aryl methyl sites for hydroxylation is 1. The van der Waals surface area contributed by atoms with Gasteiger partial charge in [0.25, 0.3) is 0 Å². The van der Waals surface area contributed by atoms with Gasteiger partial charge >= 0.3 is 0 Å². The van der Waals surface area contributed by atoms with Crippen LogP contribution < -0.4 is 10.1 Å². The molecule has 1 aromatic carbocycles. The molecule has 2 aromatic rings. The van der Waals surface area contributed by atoms with Gasteiger partial charge in [-0.15, -0.1) is 10.2 Å². The van der Waals surface area contributed by atoms with Crippen LogP contribution in [-0.2, 0) is 17.8 Å². The van der Waals surface area contributed by atoms with E-state index in [2.05, 4.69) is 15.5 Å². The molecule has 0 radical (unpaired) electrons. The summed E-state index contributed by atoms with van der Waals surface area (Å²) in [6.45, 7) is 4.22. The van der Waals surface area contributed by atoms with E-state index in [-0.39, 0.29) is 18.4 Å². The summed E-state index contributed by atoms with van der Waals surface area (Å²) in [5, 5.41) is 10.6. The Balaban J connectivity index is 1.75. The molecular formula is C16H21N3O3. The summed E-state index contributed by atoms with van der Waals surface area (Å²) < 4.78 is 10.5. The number of carbonyl (C=O) groups excluding carboxylic acids is 1. The average molecular weight is 303 g/mol. The number of methoxy groups -OCH3 is 1. The lowest BCUT2D eigenvalue weighted by molar-refractivity contribution is -0.121. The molecule has 2 rings (SSSR count). The molecule has 0 aliphatic rings. The number of nitrogens with one attached hydrogen (secondary N) is 1. The van der Waals surface area contributed by atoms with Gasteiger partial charge in [0, 0.05) is 12.3 Å². The van der Waals surface area contributed by atoms with Crippen LogP contribution in [-0.4, -0.2) is 23.2 Å². The molecule has 0 unspecified atom stereocenters. The number of rotatable bonds is 7. The van der Waals surface area contributed by atoms with Gasteiger partial charge in [-0.25, -0.2) is 0 Å². The first kappa shape index (κ1) is 16.0. The topological polar surface area (TPSA) is 77.2 Å². The SMILES string of the molecule is COc1ccc(CCC(=O)NCc2nnc(C(C)C)o2)cc1. The number of ether oxygens (including phenoxy) is 1. The zero-order valence-electron chi connectivity index (χ0n) is 13.1. The minimum atomic E-state index is -0.0416. The molecular weight excluding hydrogens is 282 g/mol. The van der Waals surface area contributed by atoms with Gasteiger partial charge < -0.3 is 14.5 Å². The van der Waals surface area contributed by atoms with Crippen LogP contribution in [0.5, 0.6) is 5.75 Å². The summed E-state index contributed by atoms with van der Waals surface area (Å²) in [4.78, 5) is 11.8. The van der Waals surface area contributed by atoms with Crippen molar-refractivity contribution in [3.05, 3.63) is 41.6 Å². The molecule has 0 aliphatic heterocycles. The maximum atomic E-state index is 11.8. The van der Waals surface area contributed by atoms with Gasteiger partial charge in [-0.2, -0.15) is 0 Å². The zero-order chi connectivity index (χ0) is 15.9. The summed E-state index contributed by atoms with van der Waals surface area (Å²) in [5.74, 6) is 1.97. The lowest BCUT2D eigenvalue weighted by Gasteiger charge is -2.04. The number of benzene rings is 1. The molecule has 1 amide bonds. The fourth-order valence-electron chi connectivity index (χ4n) is 1.88. The molecule has 6 heteroatoms. The first-order valence-corrected chi connectivity index (χ1v) is 7.30. The molecule has 1 aromatic heterocycles. The number of hydrogen-bond donors (Lipinski definition) is 1. The third-order valence-corrected chi connectivity index (χ3v) is 3.21. The highest BCUT2D eigenvalue weighted by atomic mass is 16.5. The Bertz CT molecular complexity index is 605. The highest BCUT2D eigenvalue weighted by Gasteiger charge is 2.10. The zero-order valence-corrected chi connectivity index (χ0v) is 13.1. The maximum absolute atomic E-state index is 11.8. The van der Waals surface area contributed by atoms with E-state index in [0.29, 0.717) is 24.6 Å². The molecule has 0 spiro atoms. The Morgan fingerprint density at radius 3 is 2.59 bits per heavy atom. The van der Waals surface area contributed by atoms with Crippen LogP contribution in [0.25, 0.3) is 0 Å². The molecule has 0 atom stereocenters. The minimum absolute atomic E-state index is 0.0416. The second-order valence-electron chi connectivity index (χ2n) is 5.31. The Kier molecular flexibility index (Phi) is 5.52. The molecule has 6 nitrogen and oxygen atoms in total. The van der Waals surface area contributed by atoms with Crippen molar-refractivity contribution in [2.45, 2.75) is 39.2 Å². The predicted molar refractivity (Wildman–Crippen MR) is 81.5 cm³/mol. The third-order valence-electron chi connectivity index (χ3n) is 3.21. The highest BCUT2D eigenvalue weighted by Crippen LogP contribution is 2.13. The van der Waals surface area contributed by atoms with Crippen molar-refractivity contribution >= 4 is 5.91 Å². The van der Waals surface area contributed by atoms with Crippen LogP contribution in [0.4, 0.5) is 0 Å². The first-order valence-electron chi connectivity index (χ1n) is 7.30. The van der Waals surface area contributed by atoms with Gasteiger partial charge in [0.05, 0.1) is 13.7 Å². The van der Waals surface area contributed by atoms with E-state index in [0.717, 1.165) is 11.3 Å². The Morgan fingerprint density at radius 2 is 2.00 bits per heavy atom. The van der Waals surface area contributed by atoms with Crippen molar-refractivity contribution in [3.8, 4) is 5.75 Å². The second kappa shape index (κ2) is 7.59. The lowest BCUT2D eigenvalue weighted by Crippen LogP contribution is -2.23. The van der Waals surface area contributed by atoms with Crippen LogP contribution in [0.3, 0.4) is 0 Å². The normalized spacial score (nSPS) is 10.7. The van der Waals surface area contributed by atoms with Crippen LogP contribution >= 0.6 is 0 Å². The van der Waals surface area contributed by atoms with E-state index < -0.39 is 0 Å². The van der Waals surface area contributed by atoms with Crippen molar-refractivity contribution in [1.82, 2.24) is 15.5 Å². The average Bonchev–Trinajstić information content (AvgIpc) is 3.00. The van der Waals surface area contributed by atoms with E-state index in [1.807, 2.05) is 38.1 Å². The Labute approximate surface area is 129 Å². The molecule has 0 bridgehead atoms. The van der Waals surface area contributed by atoms with Gasteiger partial charge in [-0.05, 0) is 24.1 Å². The van der Waals surface area contributed by atoms with Gasteiger partial charge in [0.2, 0.25) is 17.7 Å². The minimum Gasteiger partial charge on any atom is -0.497 e. The van der Waals surface area contributed by atoms with E-state index in [9.17, 15) is 4.79 Å². The summed E-state index contributed by atoms with van der Waals surface area (Å²) >= 11 is 0. The fourth-order valence-corrected chi connectivity index (χ4v) is 1.88. The molecule has 0 saturated heterocycles. The van der Waals surface area contributed by atoms with Crippen molar-refractivity contribution in [3.63, 3.8) is 0 Å². The Morgan fingerprint density at radius 1 is 1.27 bits per heavy atom. The van der Waals surface area contributed by atoms with Crippen LogP contribution in [0.2, 0.25) is 0 Å². The molecule has 0 aliphatic carbocycles. The quantitative estimate of drug-likeness (QED) is 0.850. The molecule has 1 heterocycles. The van der Waals surface area contributed by atoms with E-state index in [4.69, 9.17) is 9.15 Å². The number of nitrogens with zero attached hydrogens (tertiary/aromatic N) is 2. The summed E-state index contributed by atoms with van der Waals surface area (Å²) in [5.41, 5.74) is 1.09. The van der Waals surface area contributed by atoms with Crippen LogP contribution in [0, 0.1) is 0 Å². The first-order chi connectivity index (χ1) is 10.6. The third kappa shape index (κ3) is 4.58. The van der Waals surface area contributed by atoms with Crippen molar-refractivity contribution in [2.24, 2.45) is 0 Å². The number of aromatic nitrogens is 2. The lowest BCUT2D eigenvalue weighted by atomic mass is 10.1. The number of carbonyl (C=O) groups is 1. The summed E-state index contributed by atoms with van der Waals surface area (Å²) in [7, 11) is 1.63. The largest absolute Gasteiger partial charge is 0.497 e. The molecule has 0 saturated carbocycles. The van der Waals surface area contributed by atoms with Gasteiger partial charge in [-0.3, -0.25) is 4.79 Å². The van der Waals surface area contributed by atoms with E-state index in [1.54, 1.807) is 7.11 Å². The van der Waals surface area contributed by atoms with Gasteiger partial charge in [0.15, 0.2) is 0 Å². The van der Waals surface area contributed by atoms with Crippen molar-refractivity contribution < 1.29 is 13.9 Å². The maximum Gasteiger partial charge on any atom is 0.235 e. The summed E-state index contributed by atoms with van der Waals surface area (Å²) in [6, 6.07) is 7.69. The molecule has 0 fully saturated rings. The fraction of sp³-hybridized carbons (Fsp3) is 0.438. The standard InChI is InChI=1S/C16H21N3O3/c1-11(2)16-19-18-15(22-16)10-17-14(20)9-6-12-4-7-13(21-3)8-5-12/h4-5,7-8,11H,6,9-10H2,1-3H3,(H,17,20). The smallest absolute Gasteiger partial charge is 0.235 e. The molecule has 1 N–H and O–H groups in total. The highest BCUT2D eigenvalue weighted by molar-refractivity contribution is 5.76. The van der Waals surface area contributed by atoms with Gasteiger partial charge in [0.1, 0.15) is 5.75 Å². The number of hydrogen-bond acceptors (Lipinski definition) is 5. The van der Waals surface area contributed by atoms with Crippen LogP contribution in [0.1, 0.15) is 43.5 Å². The summed E-state index contributed by atoms with van der Waals surface area (Å²) in [6.07, 6.45) is 1.09. The Hall–Kier alpha value is -2.37. The molecule has 22 heavy (non-hydrogen) atoms.